The summed E-state index contributed by atoms with van der Waals surface area (Å²) in [5.74, 6) is 1.60. The van der Waals surface area contributed by atoms with Crippen LogP contribution in [0, 0.1) is 0 Å². The van der Waals surface area contributed by atoms with Crippen LogP contribution >= 0.6 is 23.2 Å². The third kappa shape index (κ3) is 3.81. The van der Waals surface area contributed by atoms with E-state index in [4.69, 9.17) is 27.9 Å². The van der Waals surface area contributed by atoms with Gasteiger partial charge in [0.1, 0.15) is 18.2 Å². The Kier molecular flexibility index (Phi) is 4.66. The van der Waals surface area contributed by atoms with Gasteiger partial charge in [0.15, 0.2) is 0 Å². The number of hydrogen-bond donors (Lipinski definition) is 1. The summed E-state index contributed by atoms with van der Waals surface area (Å²) in [5.41, 5.74) is 1.99. The highest BCUT2D eigenvalue weighted by atomic mass is 35.5. The first-order valence-electron chi connectivity index (χ1n) is 6.85. The van der Waals surface area contributed by atoms with Gasteiger partial charge in [-0.15, -0.1) is 0 Å². The zero-order valence-electron chi connectivity index (χ0n) is 11.7. The first kappa shape index (κ1) is 14.9. The van der Waals surface area contributed by atoms with Crippen LogP contribution in [-0.4, -0.2) is 9.97 Å². The topological polar surface area (TPSA) is 37.9 Å². The van der Waals surface area contributed by atoms with Gasteiger partial charge in [-0.05, 0) is 29.8 Å². The molecule has 0 saturated heterocycles. The molecule has 3 rings (SSSR count). The Labute approximate surface area is 138 Å². The Morgan fingerprint density at radius 2 is 1.86 bits per heavy atom. The van der Waals surface area contributed by atoms with Crippen LogP contribution in [0.2, 0.25) is 10.0 Å². The summed E-state index contributed by atoms with van der Waals surface area (Å²) in [5, 5.41) is 1.29. The molecule has 0 aliphatic carbocycles. The molecule has 1 N–H and O–H groups in total. The summed E-state index contributed by atoms with van der Waals surface area (Å²) in [6.07, 6.45) is 2.48. The number of aromatic nitrogens is 2. The normalized spacial score (nSPS) is 10.6. The second-order valence-corrected chi connectivity index (χ2v) is 5.71. The molecule has 5 heteroatoms. The van der Waals surface area contributed by atoms with E-state index in [0.29, 0.717) is 23.1 Å². The minimum Gasteiger partial charge on any atom is -0.486 e. The molecule has 0 aliphatic heterocycles. The van der Waals surface area contributed by atoms with Gasteiger partial charge in [-0.1, -0.05) is 47.5 Å². The van der Waals surface area contributed by atoms with Crippen LogP contribution in [0.4, 0.5) is 0 Å². The zero-order valence-corrected chi connectivity index (χ0v) is 13.2. The fourth-order valence-electron chi connectivity index (χ4n) is 2.11. The van der Waals surface area contributed by atoms with Crippen molar-refractivity contribution >= 4 is 23.2 Å². The fraction of sp³-hybridized carbons (Fsp3) is 0.118. The third-order valence-corrected chi connectivity index (χ3v) is 3.78. The number of benzene rings is 2. The van der Waals surface area contributed by atoms with Gasteiger partial charge in [-0.2, -0.15) is 0 Å². The molecule has 1 heterocycles. The minimum absolute atomic E-state index is 0.401. The lowest BCUT2D eigenvalue weighted by Crippen LogP contribution is -1.98. The maximum Gasteiger partial charge on any atom is 0.146 e. The Bertz CT molecular complexity index is 756. The van der Waals surface area contributed by atoms with Gasteiger partial charge in [0.2, 0.25) is 0 Å². The van der Waals surface area contributed by atoms with Gasteiger partial charge < -0.3 is 9.72 Å². The SMILES string of the molecule is Clc1ccc(Cc2cnc(COc3ccccc3)[nH]2)c(Cl)c1. The number of ether oxygens (including phenoxy) is 1. The molecule has 0 unspecified atom stereocenters. The number of halogens is 2. The summed E-state index contributed by atoms with van der Waals surface area (Å²) in [6.45, 7) is 0.401. The van der Waals surface area contributed by atoms with Crippen molar-refractivity contribution < 1.29 is 4.74 Å². The van der Waals surface area contributed by atoms with Crippen LogP contribution in [0.5, 0.6) is 5.75 Å². The molecule has 1 aromatic heterocycles. The van der Waals surface area contributed by atoms with Crippen molar-refractivity contribution in [1.82, 2.24) is 9.97 Å². The number of rotatable bonds is 5. The summed E-state index contributed by atoms with van der Waals surface area (Å²) < 4.78 is 5.66. The Morgan fingerprint density at radius 3 is 2.64 bits per heavy atom. The van der Waals surface area contributed by atoms with E-state index >= 15 is 0 Å². The number of hydrogen-bond acceptors (Lipinski definition) is 2. The second kappa shape index (κ2) is 6.86. The van der Waals surface area contributed by atoms with Gasteiger partial charge in [0, 0.05) is 28.4 Å². The van der Waals surface area contributed by atoms with Crippen LogP contribution in [0.25, 0.3) is 0 Å². The average molecular weight is 333 g/mol. The lowest BCUT2D eigenvalue weighted by Gasteiger charge is -2.04. The van der Waals surface area contributed by atoms with Crippen molar-refractivity contribution in [2.45, 2.75) is 13.0 Å². The minimum atomic E-state index is 0.401. The average Bonchev–Trinajstić information content (AvgIpc) is 2.97. The Morgan fingerprint density at radius 1 is 1.05 bits per heavy atom. The molecule has 112 valence electrons. The van der Waals surface area contributed by atoms with Gasteiger partial charge in [0.25, 0.3) is 0 Å². The van der Waals surface area contributed by atoms with E-state index < -0.39 is 0 Å². The van der Waals surface area contributed by atoms with Crippen LogP contribution in [0.15, 0.2) is 54.7 Å². The first-order chi connectivity index (χ1) is 10.7. The van der Waals surface area contributed by atoms with E-state index in [-0.39, 0.29) is 0 Å². The monoisotopic (exact) mass is 332 g/mol. The summed E-state index contributed by atoms with van der Waals surface area (Å²) >= 11 is 12.1. The van der Waals surface area contributed by atoms with Crippen LogP contribution in [-0.2, 0) is 13.0 Å². The Hall–Kier alpha value is -1.97. The number of para-hydroxylation sites is 1. The lowest BCUT2D eigenvalue weighted by molar-refractivity contribution is 0.297. The van der Waals surface area contributed by atoms with Gasteiger partial charge in [0.05, 0.1) is 0 Å². The van der Waals surface area contributed by atoms with Gasteiger partial charge in [-0.25, -0.2) is 4.98 Å². The highest BCUT2D eigenvalue weighted by molar-refractivity contribution is 6.35. The molecule has 0 spiro atoms. The first-order valence-corrected chi connectivity index (χ1v) is 7.61. The molecule has 3 nitrogen and oxygen atoms in total. The standard InChI is InChI=1S/C17H14Cl2N2O/c18-13-7-6-12(16(19)9-13)8-14-10-20-17(21-14)11-22-15-4-2-1-3-5-15/h1-7,9-10H,8,11H2,(H,20,21). The number of imidazole rings is 1. The molecule has 22 heavy (non-hydrogen) atoms. The molecule has 0 aliphatic rings. The van der Waals surface area contributed by atoms with Gasteiger partial charge in [-0.3, -0.25) is 0 Å². The third-order valence-electron chi connectivity index (χ3n) is 3.20. The van der Waals surface area contributed by atoms with Crippen molar-refractivity contribution in [2.24, 2.45) is 0 Å². The maximum absolute atomic E-state index is 6.18. The molecule has 0 saturated carbocycles. The number of nitrogens with one attached hydrogen (secondary N) is 1. The van der Waals surface area contributed by atoms with Crippen molar-refractivity contribution in [3.63, 3.8) is 0 Å². The molecule has 2 aromatic carbocycles. The van der Waals surface area contributed by atoms with Crippen LogP contribution in [0.1, 0.15) is 17.1 Å². The quantitative estimate of drug-likeness (QED) is 0.722. The van der Waals surface area contributed by atoms with Gasteiger partial charge >= 0.3 is 0 Å². The number of nitrogens with zero attached hydrogens (tertiary/aromatic N) is 1. The smallest absolute Gasteiger partial charge is 0.146 e. The zero-order chi connectivity index (χ0) is 15.4. The van der Waals surface area contributed by atoms with Crippen molar-refractivity contribution in [3.8, 4) is 5.75 Å². The van der Waals surface area contributed by atoms with Crippen LogP contribution < -0.4 is 4.74 Å². The summed E-state index contributed by atoms with van der Waals surface area (Å²) in [6, 6.07) is 15.2. The van der Waals surface area contributed by atoms with E-state index in [1.54, 1.807) is 12.3 Å². The number of aromatic amines is 1. The van der Waals surface area contributed by atoms with E-state index in [9.17, 15) is 0 Å². The fourth-order valence-corrected chi connectivity index (χ4v) is 2.58. The molecule has 0 radical (unpaired) electrons. The van der Waals surface area contributed by atoms with Crippen molar-refractivity contribution in [1.29, 1.82) is 0 Å². The molecule has 0 bridgehead atoms. The lowest BCUT2D eigenvalue weighted by atomic mass is 10.1. The van der Waals surface area contributed by atoms with E-state index in [2.05, 4.69) is 9.97 Å². The van der Waals surface area contributed by atoms with Crippen molar-refractivity contribution in [3.05, 3.63) is 81.9 Å². The largest absolute Gasteiger partial charge is 0.486 e. The summed E-state index contributed by atoms with van der Waals surface area (Å²) in [4.78, 5) is 7.57. The Balaban J connectivity index is 1.63. The predicted octanol–water partition coefficient (Wildman–Crippen LogP) is 4.89. The molecular weight excluding hydrogens is 319 g/mol. The molecule has 0 amide bonds. The summed E-state index contributed by atoms with van der Waals surface area (Å²) in [7, 11) is 0. The van der Waals surface area contributed by atoms with Crippen molar-refractivity contribution in [2.75, 3.05) is 0 Å². The van der Waals surface area contributed by atoms with Crippen LogP contribution in [0.3, 0.4) is 0 Å². The highest BCUT2D eigenvalue weighted by Gasteiger charge is 2.06. The molecular formula is C17H14Cl2N2O. The van der Waals surface area contributed by atoms with E-state index in [1.165, 1.54) is 0 Å². The molecule has 0 atom stereocenters. The second-order valence-electron chi connectivity index (χ2n) is 4.87. The maximum atomic E-state index is 6.18. The molecule has 3 aromatic rings. The predicted molar refractivity (Wildman–Crippen MR) is 88.6 cm³/mol. The van der Waals surface area contributed by atoms with E-state index in [1.807, 2.05) is 42.5 Å². The number of H-pyrrole nitrogens is 1. The molecule has 0 fully saturated rings. The van der Waals surface area contributed by atoms with E-state index in [0.717, 1.165) is 22.8 Å². The highest BCUT2D eigenvalue weighted by Crippen LogP contribution is 2.23.